The van der Waals surface area contributed by atoms with Crippen molar-refractivity contribution < 1.29 is 9.53 Å². The van der Waals surface area contributed by atoms with Gasteiger partial charge in [-0.2, -0.15) is 0 Å². The zero-order chi connectivity index (χ0) is 12.9. The van der Waals surface area contributed by atoms with Crippen molar-refractivity contribution in [2.24, 2.45) is 12.5 Å². The minimum absolute atomic E-state index is 0.218. The van der Waals surface area contributed by atoms with Crippen molar-refractivity contribution in [2.75, 3.05) is 6.61 Å². The first kappa shape index (κ1) is 13.5. The molecule has 0 spiro atoms. The van der Waals surface area contributed by atoms with Gasteiger partial charge in [-0.3, -0.25) is 4.79 Å². The highest BCUT2D eigenvalue weighted by Gasteiger charge is 2.31. The van der Waals surface area contributed by atoms with Crippen LogP contribution in [0.3, 0.4) is 0 Å². The van der Waals surface area contributed by atoms with E-state index in [9.17, 15) is 4.79 Å². The van der Waals surface area contributed by atoms with Crippen molar-refractivity contribution in [3.05, 3.63) is 30.9 Å². The number of hydrogen-bond acceptors (Lipinski definition) is 3. The van der Waals surface area contributed by atoms with E-state index in [2.05, 4.69) is 11.6 Å². The lowest BCUT2D eigenvalue weighted by Crippen LogP contribution is -2.28. The van der Waals surface area contributed by atoms with Crippen LogP contribution in [0.4, 0.5) is 0 Å². The van der Waals surface area contributed by atoms with Gasteiger partial charge in [-0.15, -0.1) is 6.58 Å². The zero-order valence-electron chi connectivity index (χ0n) is 10.8. The normalized spacial score (nSPS) is 14.1. The van der Waals surface area contributed by atoms with Crippen LogP contribution < -0.4 is 0 Å². The molecule has 1 rings (SSSR count). The van der Waals surface area contributed by atoms with Crippen molar-refractivity contribution in [1.82, 2.24) is 9.55 Å². The first-order valence-corrected chi connectivity index (χ1v) is 5.80. The average molecular weight is 236 g/mol. The second-order valence-corrected chi connectivity index (χ2v) is 4.30. The molecule has 0 aromatic carbocycles. The lowest BCUT2D eigenvalue weighted by molar-refractivity contribution is -0.151. The molecule has 4 nitrogen and oxygen atoms in total. The molecule has 1 unspecified atom stereocenters. The van der Waals surface area contributed by atoms with Crippen LogP contribution in [0.25, 0.3) is 0 Å². The Morgan fingerprint density at radius 1 is 1.71 bits per heavy atom. The number of rotatable bonds is 6. The van der Waals surface area contributed by atoms with Crippen molar-refractivity contribution in [3.63, 3.8) is 0 Å². The van der Waals surface area contributed by atoms with Crippen LogP contribution >= 0.6 is 0 Å². The predicted octanol–water partition coefficient (Wildman–Crippen LogP) is 2.11. The van der Waals surface area contributed by atoms with Gasteiger partial charge in [0.05, 0.1) is 12.0 Å². The minimum atomic E-state index is -0.637. The summed E-state index contributed by atoms with van der Waals surface area (Å²) in [6, 6.07) is 0. The lowest BCUT2D eigenvalue weighted by atomic mass is 9.85. The van der Waals surface area contributed by atoms with Gasteiger partial charge in [0.15, 0.2) is 0 Å². The standard InChI is InChI=1S/C13H20N2O2/c1-5-13(3,12(16)17-6-2)8-7-11-14-9-10-15(11)4/h5,9-10H,1,6-8H2,2-4H3. The van der Waals surface area contributed by atoms with Gasteiger partial charge >= 0.3 is 5.97 Å². The highest BCUT2D eigenvalue weighted by molar-refractivity contribution is 5.78. The second-order valence-electron chi connectivity index (χ2n) is 4.30. The van der Waals surface area contributed by atoms with Gasteiger partial charge in [0.2, 0.25) is 0 Å². The summed E-state index contributed by atoms with van der Waals surface area (Å²) in [6.45, 7) is 7.78. The third-order valence-electron chi connectivity index (χ3n) is 2.98. The van der Waals surface area contributed by atoms with Crippen molar-refractivity contribution in [1.29, 1.82) is 0 Å². The quantitative estimate of drug-likeness (QED) is 0.561. The Labute approximate surface area is 102 Å². The molecule has 94 valence electrons. The molecule has 0 amide bonds. The summed E-state index contributed by atoms with van der Waals surface area (Å²) in [5.74, 6) is 0.742. The summed E-state index contributed by atoms with van der Waals surface area (Å²) in [5, 5.41) is 0. The molecule has 1 heterocycles. The zero-order valence-corrected chi connectivity index (χ0v) is 10.8. The third-order valence-corrected chi connectivity index (χ3v) is 2.98. The molecule has 0 N–H and O–H groups in total. The van der Waals surface area contributed by atoms with Crippen LogP contribution in [0.1, 0.15) is 26.1 Å². The summed E-state index contributed by atoms with van der Waals surface area (Å²) in [4.78, 5) is 16.1. The Hall–Kier alpha value is -1.58. The van der Waals surface area contributed by atoms with Gasteiger partial charge in [0, 0.05) is 25.9 Å². The first-order chi connectivity index (χ1) is 8.03. The molecule has 1 aromatic rings. The second kappa shape index (κ2) is 5.66. The number of carbonyl (C=O) groups is 1. The number of aryl methyl sites for hydroxylation is 2. The third kappa shape index (κ3) is 3.19. The maximum absolute atomic E-state index is 11.8. The fraction of sp³-hybridized carbons (Fsp3) is 0.538. The van der Waals surface area contributed by atoms with E-state index in [1.807, 2.05) is 24.7 Å². The Bertz CT molecular complexity index is 398. The molecular formula is C13H20N2O2. The minimum Gasteiger partial charge on any atom is -0.465 e. The van der Waals surface area contributed by atoms with Crippen LogP contribution in [-0.4, -0.2) is 22.1 Å². The summed E-state index contributed by atoms with van der Waals surface area (Å²) in [5.41, 5.74) is -0.637. The van der Waals surface area contributed by atoms with Crippen molar-refractivity contribution >= 4 is 5.97 Å². The monoisotopic (exact) mass is 236 g/mol. The van der Waals surface area contributed by atoms with Gasteiger partial charge < -0.3 is 9.30 Å². The molecule has 0 radical (unpaired) electrons. The van der Waals surface area contributed by atoms with Crippen LogP contribution in [0.2, 0.25) is 0 Å². The topological polar surface area (TPSA) is 44.1 Å². The molecule has 0 saturated carbocycles. The fourth-order valence-corrected chi connectivity index (χ4v) is 1.59. The summed E-state index contributed by atoms with van der Waals surface area (Å²) < 4.78 is 7.01. The van der Waals surface area contributed by atoms with Crippen molar-refractivity contribution in [3.8, 4) is 0 Å². The number of hydrogen-bond donors (Lipinski definition) is 0. The van der Waals surface area contributed by atoms with E-state index >= 15 is 0 Å². The van der Waals surface area contributed by atoms with Gasteiger partial charge in [-0.05, 0) is 20.3 Å². The molecular weight excluding hydrogens is 216 g/mol. The molecule has 0 aliphatic heterocycles. The molecule has 0 saturated heterocycles. The van der Waals surface area contributed by atoms with Gasteiger partial charge in [0.1, 0.15) is 5.82 Å². The maximum atomic E-state index is 11.8. The highest BCUT2D eigenvalue weighted by atomic mass is 16.5. The Morgan fingerprint density at radius 2 is 2.41 bits per heavy atom. The van der Waals surface area contributed by atoms with Crippen molar-refractivity contribution in [2.45, 2.75) is 26.7 Å². The number of nitrogens with zero attached hydrogens (tertiary/aromatic N) is 2. The van der Waals surface area contributed by atoms with Crippen LogP contribution in [0, 0.1) is 5.41 Å². The maximum Gasteiger partial charge on any atom is 0.315 e. The molecule has 0 bridgehead atoms. The van der Waals surface area contributed by atoms with E-state index in [-0.39, 0.29) is 5.97 Å². The number of ether oxygens (including phenoxy) is 1. The molecule has 0 aliphatic carbocycles. The largest absolute Gasteiger partial charge is 0.465 e. The van der Waals surface area contributed by atoms with E-state index in [1.54, 1.807) is 19.2 Å². The summed E-state index contributed by atoms with van der Waals surface area (Å²) in [6.07, 6.45) is 6.69. The Balaban J connectivity index is 2.66. The molecule has 1 aromatic heterocycles. The van der Waals surface area contributed by atoms with E-state index in [1.165, 1.54) is 0 Å². The highest BCUT2D eigenvalue weighted by Crippen LogP contribution is 2.26. The molecule has 0 fully saturated rings. The fourth-order valence-electron chi connectivity index (χ4n) is 1.59. The van der Waals surface area contributed by atoms with Gasteiger partial charge in [0.25, 0.3) is 0 Å². The molecule has 17 heavy (non-hydrogen) atoms. The van der Waals surface area contributed by atoms with Gasteiger partial charge in [-0.25, -0.2) is 4.98 Å². The molecule has 4 heteroatoms. The smallest absolute Gasteiger partial charge is 0.315 e. The van der Waals surface area contributed by atoms with Crippen LogP contribution in [0.5, 0.6) is 0 Å². The number of esters is 1. The Morgan fingerprint density at radius 3 is 2.88 bits per heavy atom. The van der Waals surface area contributed by atoms with E-state index in [0.717, 1.165) is 12.2 Å². The first-order valence-electron chi connectivity index (χ1n) is 5.80. The Kier molecular flexibility index (Phi) is 4.49. The number of carbonyl (C=O) groups excluding carboxylic acids is 1. The SMILES string of the molecule is C=CC(C)(CCc1nccn1C)C(=O)OCC. The number of aromatic nitrogens is 2. The molecule has 1 atom stereocenters. The summed E-state index contributed by atoms with van der Waals surface area (Å²) in [7, 11) is 1.94. The average Bonchev–Trinajstić information content (AvgIpc) is 2.72. The van der Waals surface area contributed by atoms with Gasteiger partial charge in [-0.1, -0.05) is 6.08 Å². The molecule has 0 aliphatic rings. The predicted molar refractivity (Wildman–Crippen MR) is 66.5 cm³/mol. The summed E-state index contributed by atoms with van der Waals surface area (Å²) >= 11 is 0. The van der Waals surface area contributed by atoms with Crippen LogP contribution in [0.15, 0.2) is 25.0 Å². The van der Waals surface area contributed by atoms with E-state index in [4.69, 9.17) is 4.74 Å². The number of imidazole rings is 1. The van der Waals surface area contributed by atoms with E-state index in [0.29, 0.717) is 13.0 Å². The van der Waals surface area contributed by atoms with Crippen LogP contribution in [-0.2, 0) is 23.0 Å². The van der Waals surface area contributed by atoms with E-state index < -0.39 is 5.41 Å². The lowest BCUT2D eigenvalue weighted by Gasteiger charge is -2.22.